The third-order valence-corrected chi connectivity index (χ3v) is 11.1. The number of thioether (sulfide) groups is 1. The van der Waals surface area contributed by atoms with Crippen molar-refractivity contribution in [2.24, 2.45) is 11.8 Å². The first kappa shape index (κ1) is 28.9. The average Bonchev–Trinajstić information content (AvgIpc) is 3.47. The summed E-state index contributed by atoms with van der Waals surface area (Å²) in [7, 11) is 0. The molecule has 1 spiro atoms. The number of alkyl halides is 1. The summed E-state index contributed by atoms with van der Waals surface area (Å²) in [6.07, 6.45) is 4.39. The van der Waals surface area contributed by atoms with Gasteiger partial charge < -0.3 is 19.8 Å². The second-order valence-electron chi connectivity index (χ2n) is 11.3. The van der Waals surface area contributed by atoms with Crippen molar-refractivity contribution in [1.29, 1.82) is 0 Å². The number of likely N-dealkylation sites (tertiary alicyclic amines) is 1. The third-order valence-electron chi connectivity index (χ3n) is 7.90. The lowest BCUT2D eigenvalue weighted by atomic mass is 9.70. The van der Waals surface area contributed by atoms with Gasteiger partial charge in [-0.05, 0) is 45.7 Å². The summed E-state index contributed by atoms with van der Waals surface area (Å²) in [5, 5.41) is 9.47. The standard InChI is InChI=1S/C29H38BrN3O4S/c1-6-14-31(19-12-9-8-10-13-19)25(35)21-22-26(36)32(16-11-17-34)24(29(22)18-20(30)23(21)38-29)27(37)33(15-7-2)28(3,4)5/h6-10,12-13,20-24,34H,1-2,11,14-18H2,3-5H3/t20?,21-,22+,23-,24?,29?/m1/s1. The molecule has 0 aromatic heterocycles. The first-order valence-electron chi connectivity index (χ1n) is 13.2. The molecule has 3 saturated heterocycles. The molecule has 3 fully saturated rings. The molecule has 3 aliphatic rings. The van der Waals surface area contributed by atoms with Gasteiger partial charge in [0, 0.05) is 47.5 Å². The number of fused-ring (bicyclic) bond motifs is 1. The van der Waals surface area contributed by atoms with Gasteiger partial charge in [-0.1, -0.05) is 46.3 Å². The van der Waals surface area contributed by atoms with Gasteiger partial charge in [0.25, 0.3) is 0 Å². The Morgan fingerprint density at radius 1 is 1.18 bits per heavy atom. The molecule has 1 aromatic rings. The molecule has 4 rings (SSSR count). The number of amides is 3. The molecule has 3 unspecified atom stereocenters. The van der Waals surface area contributed by atoms with Gasteiger partial charge in [0.15, 0.2) is 0 Å². The Morgan fingerprint density at radius 3 is 2.42 bits per heavy atom. The van der Waals surface area contributed by atoms with Crippen LogP contribution in [0.25, 0.3) is 0 Å². The molecule has 0 saturated carbocycles. The maximum absolute atomic E-state index is 14.4. The number of carbonyl (C=O) groups excluding carboxylic acids is 3. The summed E-state index contributed by atoms with van der Waals surface area (Å²) >= 11 is 5.46. The maximum atomic E-state index is 14.4. The zero-order valence-corrected chi connectivity index (χ0v) is 24.8. The highest BCUT2D eigenvalue weighted by molar-refractivity contribution is 9.09. The van der Waals surface area contributed by atoms with E-state index in [0.717, 1.165) is 5.69 Å². The predicted molar refractivity (Wildman–Crippen MR) is 156 cm³/mol. The van der Waals surface area contributed by atoms with Crippen molar-refractivity contribution in [3.8, 4) is 0 Å². The Bertz CT molecular complexity index is 1090. The van der Waals surface area contributed by atoms with Gasteiger partial charge in [-0.2, -0.15) is 0 Å². The van der Waals surface area contributed by atoms with Gasteiger partial charge in [0.05, 0.1) is 16.6 Å². The second-order valence-corrected chi connectivity index (χ2v) is 14.0. The van der Waals surface area contributed by atoms with Gasteiger partial charge in [0.1, 0.15) is 6.04 Å². The number of hydrogen-bond acceptors (Lipinski definition) is 5. The van der Waals surface area contributed by atoms with E-state index in [1.807, 2.05) is 51.1 Å². The largest absolute Gasteiger partial charge is 0.396 e. The van der Waals surface area contributed by atoms with Crippen LogP contribution in [0.3, 0.4) is 0 Å². The third kappa shape index (κ3) is 4.75. The summed E-state index contributed by atoms with van der Waals surface area (Å²) < 4.78 is -0.732. The Kier molecular flexibility index (Phi) is 8.50. The number of para-hydroxylation sites is 1. The van der Waals surface area contributed by atoms with E-state index < -0.39 is 28.2 Å². The summed E-state index contributed by atoms with van der Waals surface area (Å²) in [4.78, 5) is 47.9. The van der Waals surface area contributed by atoms with E-state index in [0.29, 0.717) is 25.9 Å². The van der Waals surface area contributed by atoms with Crippen molar-refractivity contribution < 1.29 is 19.5 Å². The normalized spacial score (nSPS) is 29.8. The number of hydrogen-bond donors (Lipinski definition) is 1. The van der Waals surface area contributed by atoms with Crippen LogP contribution < -0.4 is 4.90 Å². The number of aliphatic hydroxyl groups excluding tert-OH is 1. The lowest BCUT2D eigenvalue weighted by molar-refractivity contribution is -0.145. The molecule has 1 aromatic carbocycles. The van der Waals surface area contributed by atoms with Crippen molar-refractivity contribution >= 4 is 51.1 Å². The minimum atomic E-state index is -0.732. The van der Waals surface area contributed by atoms with Crippen LogP contribution in [-0.2, 0) is 14.4 Å². The molecular weight excluding hydrogens is 566 g/mol. The monoisotopic (exact) mass is 603 g/mol. The number of aliphatic hydroxyl groups is 1. The highest BCUT2D eigenvalue weighted by Gasteiger charge is 2.76. The van der Waals surface area contributed by atoms with Crippen molar-refractivity contribution in [2.75, 3.05) is 31.1 Å². The molecule has 7 nitrogen and oxygen atoms in total. The van der Waals surface area contributed by atoms with Crippen LogP contribution in [0.15, 0.2) is 55.6 Å². The van der Waals surface area contributed by atoms with E-state index in [1.54, 1.807) is 38.6 Å². The van der Waals surface area contributed by atoms with Crippen LogP contribution in [-0.4, -0.2) is 85.3 Å². The first-order chi connectivity index (χ1) is 18.0. The number of nitrogens with zero attached hydrogens (tertiary/aromatic N) is 3. The van der Waals surface area contributed by atoms with E-state index in [-0.39, 0.29) is 41.0 Å². The van der Waals surface area contributed by atoms with Gasteiger partial charge >= 0.3 is 0 Å². The smallest absolute Gasteiger partial charge is 0.247 e. The zero-order chi connectivity index (χ0) is 27.8. The summed E-state index contributed by atoms with van der Waals surface area (Å²) in [5.74, 6) is -1.61. The van der Waals surface area contributed by atoms with Crippen molar-refractivity contribution in [3.05, 3.63) is 55.6 Å². The lowest BCUT2D eigenvalue weighted by Crippen LogP contribution is -2.59. The van der Waals surface area contributed by atoms with Crippen molar-refractivity contribution in [1.82, 2.24) is 9.80 Å². The molecule has 3 aliphatic heterocycles. The van der Waals surface area contributed by atoms with Gasteiger partial charge in [-0.3, -0.25) is 14.4 Å². The number of halogens is 1. The fraction of sp³-hybridized carbons (Fsp3) is 0.552. The minimum Gasteiger partial charge on any atom is -0.396 e. The summed E-state index contributed by atoms with van der Waals surface area (Å²) in [6.45, 7) is 14.5. The Balaban J connectivity index is 1.79. The molecule has 0 aliphatic carbocycles. The van der Waals surface area contributed by atoms with E-state index in [9.17, 15) is 19.5 Å². The Morgan fingerprint density at radius 2 is 1.84 bits per heavy atom. The topological polar surface area (TPSA) is 81.2 Å². The molecule has 2 bridgehead atoms. The second kappa shape index (κ2) is 11.2. The van der Waals surface area contributed by atoms with Crippen LogP contribution in [0.1, 0.15) is 33.6 Å². The maximum Gasteiger partial charge on any atom is 0.247 e. The summed E-state index contributed by atoms with van der Waals surface area (Å²) in [6, 6.07) is 8.72. The van der Waals surface area contributed by atoms with Crippen LogP contribution in [0, 0.1) is 11.8 Å². The SMILES string of the molecule is C=CCN(C(=O)[C@H]1[C@@H]2SC3(CC2Br)C(C(=O)N(CC=C)C(C)(C)C)N(CCCO)C(=O)[C@H]13)c1ccccc1. The first-order valence-corrected chi connectivity index (χ1v) is 15.0. The van der Waals surface area contributed by atoms with Crippen molar-refractivity contribution in [3.63, 3.8) is 0 Å². The lowest BCUT2D eigenvalue weighted by Gasteiger charge is -2.42. The minimum absolute atomic E-state index is 0.0116. The fourth-order valence-electron chi connectivity index (χ4n) is 6.38. The van der Waals surface area contributed by atoms with E-state index in [2.05, 4.69) is 29.1 Å². The highest BCUT2D eigenvalue weighted by atomic mass is 79.9. The van der Waals surface area contributed by atoms with Gasteiger partial charge in [-0.15, -0.1) is 24.9 Å². The summed E-state index contributed by atoms with van der Waals surface area (Å²) in [5.41, 5.74) is 0.273. The number of benzene rings is 1. The molecule has 1 N–H and O–H groups in total. The van der Waals surface area contributed by atoms with Crippen LogP contribution in [0.5, 0.6) is 0 Å². The van der Waals surface area contributed by atoms with Crippen molar-refractivity contribution in [2.45, 2.75) is 60.0 Å². The number of rotatable bonds is 10. The number of anilines is 1. The van der Waals surface area contributed by atoms with Gasteiger partial charge in [0.2, 0.25) is 17.7 Å². The van der Waals surface area contributed by atoms with E-state index >= 15 is 0 Å². The molecule has 9 heteroatoms. The Labute approximate surface area is 238 Å². The molecule has 206 valence electrons. The Hall–Kier alpha value is -2.10. The quantitative estimate of drug-likeness (QED) is 0.324. The van der Waals surface area contributed by atoms with E-state index in [1.165, 1.54) is 0 Å². The van der Waals surface area contributed by atoms with Crippen LogP contribution in [0.4, 0.5) is 5.69 Å². The van der Waals surface area contributed by atoms with E-state index in [4.69, 9.17) is 0 Å². The molecule has 0 radical (unpaired) electrons. The fourth-order valence-corrected chi connectivity index (χ4v) is 9.98. The zero-order valence-electron chi connectivity index (χ0n) is 22.4. The van der Waals surface area contributed by atoms with Crippen LogP contribution in [0.2, 0.25) is 0 Å². The average molecular weight is 605 g/mol. The molecular formula is C29H38BrN3O4S. The molecule has 3 heterocycles. The molecule has 6 atom stereocenters. The number of carbonyl (C=O) groups is 3. The molecule has 3 amide bonds. The molecule has 38 heavy (non-hydrogen) atoms. The predicted octanol–water partition coefficient (Wildman–Crippen LogP) is 3.87. The highest BCUT2D eigenvalue weighted by Crippen LogP contribution is 2.68. The van der Waals surface area contributed by atoms with Crippen LogP contribution >= 0.6 is 27.7 Å². The van der Waals surface area contributed by atoms with Gasteiger partial charge in [-0.25, -0.2) is 0 Å².